The molecule has 18 heavy (non-hydrogen) atoms. The molecule has 1 heterocycles. The van der Waals surface area contributed by atoms with Crippen molar-refractivity contribution in [1.82, 2.24) is 15.5 Å². The molecule has 2 aliphatic rings. The topological polar surface area (TPSA) is 58.0 Å². The molecule has 0 bridgehead atoms. The van der Waals surface area contributed by atoms with E-state index in [1.807, 2.05) is 12.1 Å². The van der Waals surface area contributed by atoms with Crippen LogP contribution in [-0.2, 0) is 5.41 Å². The summed E-state index contributed by atoms with van der Waals surface area (Å²) in [4.78, 5) is 0. The Bertz CT molecular complexity index is 383. The van der Waals surface area contributed by atoms with Crippen molar-refractivity contribution in [3.05, 3.63) is 24.0 Å². The van der Waals surface area contributed by atoms with E-state index in [9.17, 15) is 5.11 Å². The number of rotatable bonds is 4. The first-order chi connectivity index (χ1) is 8.82. The molecule has 4 nitrogen and oxygen atoms in total. The van der Waals surface area contributed by atoms with Crippen LogP contribution < -0.4 is 5.32 Å². The van der Waals surface area contributed by atoms with Gasteiger partial charge in [0.15, 0.2) is 0 Å². The fourth-order valence-corrected chi connectivity index (χ4v) is 3.00. The maximum Gasteiger partial charge on any atom is 0.0715 e. The predicted molar refractivity (Wildman–Crippen MR) is 69.2 cm³/mol. The van der Waals surface area contributed by atoms with Crippen LogP contribution in [0.4, 0.5) is 0 Å². The Kier molecular flexibility index (Phi) is 3.31. The van der Waals surface area contributed by atoms with Gasteiger partial charge in [-0.2, -0.15) is 10.2 Å². The van der Waals surface area contributed by atoms with E-state index >= 15 is 0 Å². The maximum atomic E-state index is 9.79. The van der Waals surface area contributed by atoms with Crippen LogP contribution in [0.3, 0.4) is 0 Å². The summed E-state index contributed by atoms with van der Waals surface area (Å²) in [6.07, 6.45) is 8.65. The minimum Gasteiger partial charge on any atom is -0.395 e. The van der Waals surface area contributed by atoms with Crippen molar-refractivity contribution < 1.29 is 5.11 Å². The fraction of sp³-hybridized carbons (Fsp3) is 0.714. The van der Waals surface area contributed by atoms with E-state index in [2.05, 4.69) is 15.5 Å². The number of nitrogens with zero attached hydrogens (tertiary/aromatic N) is 2. The van der Waals surface area contributed by atoms with Crippen LogP contribution in [0.5, 0.6) is 0 Å². The Morgan fingerprint density at radius 1 is 1.22 bits per heavy atom. The van der Waals surface area contributed by atoms with Crippen molar-refractivity contribution in [1.29, 1.82) is 0 Å². The molecule has 0 radical (unpaired) electrons. The Balaban J connectivity index is 1.67. The Labute approximate surface area is 108 Å². The SMILES string of the molecule is OC[C@]1(c2cccnn2)CC[C@H](NC2CC2)CC1. The van der Waals surface area contributed by atoms with Gasteiger partial charge in [0.2, 0.25) is 0 Å². The standard InChI is InChI=1S/C14H21N3O/c18-10-14(13-2-1-9-15-17-13)7-5-12(6-8-14)16-11-3-4-11/h1-2,9,11-12,16,18H,3-8,10H2/t12-,14-. The molecule has 2 aliphatic carbocycles. The molecular formula is C14H21N3O. The lowest BCUT2D eigenvalue weighted by Crippen LogP contribution is -2.43. The third kappa shape index (κ3) is 2.40. The van der Waals surface area contributed by atoms with Gasteiger partial charge in [0.25, 0.3) is 0 Å². The molecule has 2 saturated carbocycles. The molecule has 0 unspecified atom stereocenters. The molecule has 0 amide bonds. The molecule has 0 spiro atoms. The Hall–Kier alpha value is -1.00. The first-order valence-electron chi connectivity index (χ1n) is 6.97. The molecule has 1 aromatic heterocycles. The number of hydrogen-bond acceptors (Lipinski definition) is 4. The van der Waals surface area contributed by atoms with Crippen molar-refractivity contribution in [2.24, 2.45) is 0 Å². The van der Waals surface area contributed by atoms with Crippen LogP contribution in [0, 0.1) is 0 Å². The van der Waals surface area contributed by atoms with E-state index in [0.717, 1.165) is 37.4 Å². The van der Waals surface area contributed by atoms with Gasteiger partial charge in [-0.15, -0.1) is 0 Å². The van der Waals surface area contributed by atoms with Gasteiger partial charge in [-0.25, -0.2) is 0 Å². The molecule has 1 aromatic rings. The molecule has 98 valence electrons. The summed E-state index contributed by atoms with van der Waals surface area (Å²) in [5.74, 6) is 0. The number of aliphatic hydroxyl groups is 1. The van der Waals surface area contributed by atoms with Crippen molar-refractivity contribution in [3.8, 4) is 0 Å². The smallest absolute Gasteiger partial charge is 0.0715 e. The summed E-state index contributed by atoms with van der Waals surface area (Å²) in [5.41, 5.74) is 0.799. The van der Waals surface area contributed by atoms with E-state index in [1.165, 1.54) is 12.8 Å². The third-order valence-corrected chi connectivity index (χ3v) is 4.41. The molecular weight excluding hydrogens is 226 g/mol. The first kappa shape index (κ1) is 12.1. The van der Waals surface area contributed by atoms with E-state index in [0.29, 0.717) is 6.04 Å². The highest BCUT2D eigenvalue weighted by Crippen LogP contribution is 2.38. The average molecular weight is 247 g/mol. The first-order valence-corrected chi connectivity index (χ1v) is 6.97. The van der Waals surface area contributed by atoms with Gasteiger partial charge < -0.3 is 10.4 Å². The summed E-state index contributed by atoms with van der Waals surface area (Å²) >= 11 is 0. The summed E-state index contributed by atoms with van der Waals surface area (Å²) < 4.78 is 0. The van der Waals surface area contributed by atoms with E-state index in [-0.39, 0.29) is 12.0 Å². The molecule has 0 aromatic carbocycles. The minimum atomic E-state index is -0.157. The lowest BCUT2D eigenvalue weighted by molar-refractivity contribution is 0.133. The van der Waals surface area contributed by atoms with E-state index < -0.39 is 0 Å². The average Bonchev–Trinajstić information content (AvgIpc) is 3.25. The van der Waals surface area contributed by atoms with E-state index in [4.69, 9.17) is 0 Å². The molecule has 2 fully saturated rings. The van der Waals surface area contributed by atoms with Crippen LogP contribution in [0.15, 0.2) is 18.3 Å². The Morgan fingerprint density at radius 3 is 2.50 bits per heavy atom. The zero-order valence-electron chi connectivity index (χ0n) is 10.7. The van der Waals surface area contributed by atoms with Gasteiger partial charge in [0.1, 0.15) is 0 Å². The molecule has 0 saturated heterocycles. The monoisotopic (exact) mass is 247 g/mol. The number of nitrogens with one attached hydrogen (secondary N) is 1. The van der Waals surface area contributed by atoms with Crippen LogP contribution >= 0.6 is 0 Å². The zero-order chi connectivity index (χ0) is 12.4. The van der Waals surface area contributed by atoms with Gasteiger partial charge in [0.05, 0.1) is 12.3 Å². The second-order valence-corrected chi connectivity index (χ2v) is 5.76. The number of aliphatic hydroxyl groups excluding tert-OH is 1. The molecule has 0 aliphatic heterocycles. The van der Waals surface area contributed by atoms with E-state index in [1.54, 1.807) is 6.20 Å². The van der Waals surface area contributed by atoms with Crippen molar-refractivity contribution in [3.63, 3.8) is 0 Å². The van der Waals surface area contributed by atoms with Gasteiger partial charge in [-0.05, 0) is 50.7 Å². The van der Waals surface area contributed by atoms with Gasteiger partial charge in [-0.3, -0.25) is 0 Å². The van der Waals surface area contributed by atoms with Crippen LogP contribution in [0.1, 0.15) is 44.2 Å². The quantitative estimate of drug-likeness (QED) is 0.844. The lowest BCUT2D eigenvalue weighted by Gasteiger charge is -2.38. The molecule has 4 heteroatoms. The van der Waals surface area contributed by atoms with Crippen molar-refractivity contribution in [2.45, 2.75) is 56.0 Å². The lowest BCUT2D eigenvalue weighted by atomic mass is 9.71. The highest BCUT2D eigenvalue weighted by molar-refractivity contribution is 5.17. The number of aromatic nitrogens is 2. The third-order valence-electron chi connectivity index (χ3n) is 4.41. The Morgan fingerprint density at radius 2 is 1.94 bits per heavy atom. The predicted octanol–water partition coefficient (Wildman–Crippen LogP) is 1.40. The van der Waals surface area contributed by atoms with Crippen LogP contribution in [-0.4, -0.2) is 34.0 Å². The summed E-state index contributed by atoms with van der Waals surface area (Å²) in [6.45, 7) is 0.182. The number of hydrogen-bond donors (Lipinski definition) is 2. The normalized spacial score (nSPS) is 32.4. The van der Waals surface area contributed by atoms with Crippen LogP contribution in [0.25, 0.3) is 0 Å². The second kappa shape index (κ2) is 4.94. The summed E-state index contributed by atoms with van der Waals surface area (Å²) in [7, 11) is 0. The summed E-state index contributed by atoms with van der Waals surface area (Å²) in [5, 5.41) is 21.6. The van der Waals surface area contributed by atoms with Gasteiger partial charge in [-0.1, -0.05) is 0 Å². The molecule has 0 atom stereocenters. The minimum absolute atomic E-state index is 0.157. The van der Waals surface area contributed by atoms with Gasteiger partial charge >= 0.3 is 0 Å². The maximum absolute atomic E-state index is 9.79. The van der Waals surface area contributed by atoms with Gasteiger partial charge in [0, 0.05) is 23.7 Å². The largest absolute Gasteiger partial charge is 0.395 e. The summed E-state index contributed by atoms with van der Waals surface area (Å²) in [6, 6.07) is 5.31. The second-order valence-electron chi connectivity index (χ2n) is 5.76. The van der Waals surface area contributed by atoms with Crippen molar-refractivity contribution in [2.75, 3.05) is 6.61 Å². The van der Waals surface area contributed by atoms with Crippen LogP contribution in [0.2, 0.25) is 0 Å². The highest BCUT2D eigenvalue weighted by atomic mass is 16.3. The zero-order valence-corrected chi connectivity index (χ0v) is 10.7. The molecule has 2 N–H and O–H groups in total. The fourth-order valence-electron chi connectivity index (χ4n) is 3.00. The molecule has 3 rings (SSSR count). The highest BCUT2D eigenvalue weighted by Gasteiger charge is 2.38. The van der Waals surface area contributed by atoms with Crippen molar-refractivity contribution >= 4 is 0 Å².